The molecule has 3 N–H and O–H groups in total. The fourth-order valence-electron chi connectivity index (χ4n) is 3.40. The molecule has 0 fully saturated rings. The van der Waals surface area contributed by atoms with Crippen LogP contribution in [0.4, 0.5) is 4.79 Å². The van der Waals surface area contributed by atoms with Crippen LogP contribution in [-0.2, 0) is 12.8 Å². The van der Waals surface area contributed by atoms with Crippen molar-refractivity contribution in [1.82, 2.24) is 15.5 Å². The molecule has 0 aliphatic heterocycles. The summed E-state index contributed by atoms with van der Waals surface area (Å²) >= 11 is 1.74. The van der Waals surface area contributed by atoms with E-state index < -0.39 is 0 Å². The van der Waals surface area contributed by atoms with Gasteiger partial charge in [0, 0.05) is 23.3 Å². The summed E-state index contributed by atoms with van der Waals surface area (Å²) in [6.07, 6.45) is 1.60. The van der Waals surface area contributed by atoms with E-state index in [0.717, 1.165) is 18.4 Å². The van der Waals surface area contributed by atoms with Crippen LogP contribution in [0.2, 0.25) is 0 Å². The molecule has 1 heterocycles. The van der Waals surface area contributed by atoms with Gasteiger partial charge in [0.2, 0.25) is 0 Å². The van der Waals surface area contributed by atoms with Crippen LogP contribution >= 0.6 is 11.3 Å². The zero-order valence-electron chi connectivity index (χ0n) is 17.2. The van der Waals surface area contributed by atoms with Gasteiger partial charge in [0.1, 0.15) is 5.75 Å². The van der Waals surface area contributed by atoms with Gasteiger partial charge in [-0.05, 0) is 74.0 Å². The maximum atomic E-state index is 12.4. The first-order valence-electron chi connectivity index (χ1n) is 9.86. The monoisotopic (exact) mass is 411 g/mol. The maximum absolute atomic E-state index is 12.4. The van der Waals surface area contributed by atoms with E-state index in [-0.39, 0.29) is 23.9 Å². The molecule has 0 saturated heterocycles. The topological polar surface area (TPSA) is 64.6 Å². The number of phenols is 1. The van der Waals surface area contributed by atoms with E-state index in [0.29, 0.717) is 6.54 Å². The lowest BCUT2D eigenvalue weighted by Gasteiger charge is -2.25. The number of nitrogens with zero attached hydrogens (tertiary/aromatic N) is 1. The molecule has 154 valence electrons. The van der Waals surface area contributed by atoms with E-state index in [4.69, 9.17) is 0 Å². The average molecular weight is 412 g/mol. The van der Waals surface area contributed by atoms with Crippen molar-refractivity contribution in [2.45, 2.75) is 31.8 Å². The van der Waals surface area contributed by atoms with Crippen molar-refractivity contribution < 1.29 is 9.90 Å². The van der Waals surface area contributed by atoms with Crippen LogP contribution in [0, 0.1) is 0 Å². The molecular formula is C23H29N3O2S. The predicted octanol–water partition coefficient (Wildman–Crippen LogP) is 4.01. The van der Waals surface area contributed by atoms with Crippen molar-refractivity contribution in [2.24, 2.45) is 0 Å². The van der Waals surface area contributed by atoms with Crippen LogP contribution < -0.4 is 10.6 Å². The third-order valence-electron chi connectivity index (χ3n) is 5.10. The Morgan fingerprint density at radius 2 is 1.83 bits per heavy atom. The number of rotatable bonds is 8. The van der Waals surface area contributed by atoms with Crippen LogP contribution in [0.1, 0.15) is 18.1 Å². The normalized spacial score (nSPS) is 13.4. The van der Waals surface area contributed by atoms with Crippen molar-refractivity contribution in [2.75, 3.05) is 20.6 Å². The molecule has 3 aromatic rings. The van der Waals surface area contributed by atoms with Crippen LogP contribution in [0.3, 0.4) is 0 Å². The number of benzene rings is 2. The Hall–Kier alpha value is -2.57. The summed E-state index contributed by atoms with van der Waals surface area (Å²) in [5, 5.41) is 18.9. The SMILES string of the molecule is C[C@H](Cc1csc2ccccc12)NC(=O)NC[C@H](Cc1ccc(O)cc1)N(C)C. The number of thiophene rings is 1. The lowest BCUT2D eigenvalue weighted by atomic mass is 10.0. The standard InChI is InChI=1S/C23H29N3O2S/c1-16(12-18-15-29-22-7-5-4-6-21(18)22)25-23(28)24-14-19(26(2)3)13-17-8-10-20(27)11-9-17/h4-11,15-16,19,27H,12-14H2,1-3H3,(H2,24,25,28)/t16-,19+/m1/s1. The third kappa shape index (κ3) is 5.95. The molecule has 0 unspecified atom stereocenters. The van der Waals surface area contributed by atoms with Gasteiger partial charge in [0.05, 0.1) is 0 Å². The first-order valence-corrected chi connectivity index (χ1v) is 10.7. The van der Waals surface area contributed by atoms with Crippen LogP contribution in [0.5, 0.6) is 5.75 Å². The summed E-state index contributed by atoms with van der Waals surface area (Å²) < 4.78 is 1.28. The maximum Gasteiger partial charge on any atom is 0.315 e. The van der Waals surface area contributed by atoms with Gasteiger partial charge in [0.25, 0.3) is 0 Å². The molecule has 0 aliphatic rings. The Morgan fingerprint density at radius 3 is 2.55 bits per heavy atom. The average Bonchev–Trinajstić information content (AvgIpc) is 3.09. The Balaban J connectivity index is 1.50. The van der Waals surface area contributed by atoms with E-state index in [9.17, 15) is 9.90 Å². The van der Waals surface area contributed by atoms with Gasteiger partial charge in [0.15, 0.2) is 0 Å². The Morgan fingerprint density at radius 1 is 1.10 bits per heavy atom. The van der Waals surface area contributed by atoms with Crippen LogP contribution in [0.15, 0.2) is 53.9 Å². The minimum absolute atomic E-state index is 0.0444. The molecule has 6 heteroatoms. The number of carbonyl (C=O) groups excluding carboxylic acids is 1. The minimum Gasteiger partial charge on any atom is -0.508 e. The molecule has 2 aromatic carbocycles. The molecule has 0 spiro atoms. The summed E-state index contributed by atoms with van der Waals surface area (Å²) in [6.45, 7) is 2.58. The van der Waals surface area contributed by atoms with E-state index in [1.807, 2.05) is 33.2 Å². The zero-order chi connectivity index (χ0) is 20.8. The van der Waals surface area contributed by atoms with E-state index in [1.165, 1.54) is 15.6 Å². The molecular weight excluding hydrogens is 382 g/mol. The number of carbonyl (C=O) groups is 1. The molecule has 0 bridgehead atoms. The fraction of sp³-hybridized carbons (Fsp3) is 0.348. The quantitative estimate of drug-likeness (QED) is 0.525. The fourth-order valence-corrected chi connectivity index (χ4v) is 4.37. The number of hydrogen-bond donors (Lipinski definition) is 3. The van der Waals surface area contributed by atoms with Crippen LogP contribution in [-0.4, -0.2) is 48.8 Å². The number of likely N-dealkylation sites (N-methyl/N-ethyl adjacent to an activating group) is 1. The Bertz CT molecular complexity index is 937. The molecule has 1 aromatic heterocycles. The highest BCUT2D eigenvalue weighted by Gasteiger charge is 2.15. The van der Waals surface area contributed by atoms with Crippen molar-refractivity contribution >= 4 is 27.5 Å². The van der Waals surface area contributed by atoms with Crippen molar-refractivity contribution in [1.29, 1.82) is 0 Å². The highest BCUT2D eigenvalue weighted by molar-refractivity contribution is 7.17. The number of aromatic hydroxyl groups is 1. The van der Waals surface area contributed by atoms with Crippen molar-refractivity contribution in [3.05, 3.63) is 65.0 Å². The highest BCUT2D eigenvalue weighted by Crippen LogP contribution is 2.26. The second-order valence-corrected chi connectivity index (χ2v) is 8.62. The molecule has 0 aliphatic carbocycles. The number of fused-ring (bicyclic) bond motifs is 1. The van der Waals surface area contributed by atoms with Gasteiger partial charge in [-0.2, -0.15) is 0 Å². The number of urea groups is 1. The third-order valence-corrected chi connectivity index (χ3v) is 6.11. The second kappa shape index (κ2) is 9.76. The molecule has 29 heavy (non-hydrogen) atoms. The Kier molecular flexibility index (Phi) is 7.12. The molecule has 2 atom stereocenters. The van der Waals surface area contributed by atoms with Gasteiger partial charge < -0.3 is 20.6 Å². The molecule has 2 amide bonds. The smallest absolute Gasteiger partial charge is 0.315 e. The number of phenolic OH excluding ortho intramolecular Hbond substituents is 1. The zero-order valence-corrected chi connectivity index (χ0v) is 18.0. The van der Waals surface area contributed by atoms with E-state index in [1.54, 1.807) is 23.5 Å². The summed E-state index contributed by atoms with van der Waals surface area (Å²) in [5.74, 6) is 0.264. The number of amides is 2. The van der Waals surface area contributed by atoms with Gasteiger partial charge >= 0.3 is 6.03 Å². The summed E-state index contributed by atoms with van der Waals surface area (Å²) in [7, 11) is 4.02. The number of hydrogen-bond acceptors (Lipinski definition) is 4. The molecule has 5 nitrogen and oxygen atoms in total. The van der Waals surface area contributed by atoms with E-state index >= 15 is 0 Å². The highest BCUT2D eigenvalue weighted by atomic mass is 32.1. The largest absolute Gasteiger partial charge is 0.508 e. The first kappa shape index (κ1) is 21.1. The summed E-state index contributed by atoms with van der Waals surface area (Å²) in [6, 6.07) is 15.7. The molecule has 3 rings (SSSR count). The van der Waals surface area contributed by atoms with Crippen molar-refractivity contribution in [3.63, 3.8) is 0 Å². The van der Waals surface area contributed by atoms with Crippen LogP contribution in [0.25, 0.3) is 10.1 Å². The molecule has 0 radical (unpaired) electrons. The first-order chi connectivity index (χ1) is 13.9. The summed E-state index contributed by atoms with van der Waals surface area (Å²) in [5.41, 5.74) is 2.40. The van der Waals surface area contributed by atoms with Gasteiger partial charge in [-0.25, -0.2) is 4.79 Å². The summed E-state index contributed by atoms with van der Waals surface area (Å²) in [4.78, 5) is 14.5. The lowest BCUT2D eigenvalue weighted by molar-refractivity contribution is 0.229. The predicted molar refractivity (Wildman–Crippen MR) is 121 cm³/mol. The number of nitrogens with one attached hydrogen (secondary N) is 2. The van der Waals surface area contributed by atoms with Gasteiger partial charge in [-0.1, -0.05) is 30.3 Å². The molecule has 0 saturated carbocycles. The Labute approximate surface area is 176 Å². The lowest BCUT2D eigenvalue weighted by Crippen LogP contribution is -2.47. The second-order valence-electron chi connectivity index (χ2n) is 7.70. The van der Waals surface area contributed by atoms with Gasteiger partial charge in [-0.3, -0.25) is 0 Å². The van der Waals surface area contributed by atoms with Crippen molar-refractivity contribution in [3.8, 4) is 5.75 Å². The van der Waals surface area contributed by atoms with Gasteiger partial charge in [-0.15, -0.1) is 11.3 Å². The van der Waals surface area contributed by atoms with E-state index in [2.05, 4.69) is 45.2 Å². The minimum atomic E-state index is -0.144.